The molecule has 0 fully saturated rings. The summed E-state index contributed by atoms with van der Waals surface area (Å²) >= 11 is 7.09. The Morgan fingerprint density at radius 2 is 2.25 bits per heavy atom. The Bertz CT molecular complexity index is 362. The van der Waals surface area contributed by atoms with Crippen LogP contribution in [0, 0.1) is 5.82 Å². The third-order valence-electron chi connectivity index (χ3n) is 2.31. The molecule has 5 heteroatoms. The summed E-state index contributed by atoms with van der Waals surface area (Å²) in [5.74, 6) is -0.378. The first-order valence-corrected chi connectivity index (χ1v) is 6.58. The van der Waals surface area contributed by atoms with Crippen LogP contribution in [-0.2, 0) is 6.42 Å². The molecule has 0 aliphatic rings. The van der Waals surface area contributed by atoms with E-state index in [1.807, 2.05) is 0 Å². The van der Waals surface area contributed by atoms with Gasteiger partial charge in [0.05, 0.1) is 11.1 Å². The van der Waals surface area contributed by atoms with Gasteiger partial charge in [-0.2, -0.15) is 0 Å². The lowest BCUT2D eigenvalue weighted by atomic mass is 10.1. The average Bonchev–Trinajstić information content (AvgIpc) is 2.29. The monoisotopic (exact) mass is 263 g/mol. The number of halogens is 2. The van der Waals surface area contributed by atoms with E-state index >= 15 is 0 Å². The van der Waals surface area contributed by atoms with E-state index in [-0.39, 0.29) is 17.4 Å². The SMILES string of the molecule is CSc1cc(CCC(O)CN)cc(Cl)c1F. The summed E-state index contributed by atoms with van der Waals surface area (Å²) in [5.41, 5.74) is 6.23. The minimum atomic E-state index is -0.512. The molecular weight excluding hydrogens is 249 g/mol. The molecule has 1 aromatic rings. The van der Waals surface area contributed by atoms with Crippen LogP contribution < -0.4 is 5.73 Å². The molecule has 2 nitrogen and oxygen atoms in total. The second kappa shape index (κ2) is 6.45. The highest BCUT2D eigenvalue weighted by Crippen LogP contribution is 2.27. The largest absolute Gasteiger partial charge is 0.392 e. The molecule has 0 aliphatic heterocycles. The van der Waals surface area contributed by atoms with Crippen LogP contribution in [0.4, 0.5) is 4.39 Å². The van der Waals surface area contributed by atoms with Crippen molar-refractivity contribution in [1.29, 1.82) is 0 Å². The van der Waals surface area contributed by atoms with Crippen LogP contribution in [0.25, 0.3) is 0 Å². The number of hydrogen-bond acceptors (Lipinski definition) is 3. The molecule has 16 heavy (non-hydrogen) atoms. The van der Waals surface area contributed by atoms with Gasteiger partial charge < -0.3 is 10.8 Å². The van der Waals surface area contributed by atoms with Gasteiger partial charge in [-0.1, -0.05) is 11.6 Å². The van der Waals surface area contributed by atoms with Gasteiger partial charge in [0.25, 0.3) is 0 Å². The maximum Gasteiger partial charge on any atom is 0.155 e. The standard InChI is InChI=1S/C11H15ClFNOS/c1-16-10-5-7(2-3-8(15)6-14)4-9(12)11(10)13/h4-5,8,15H,2-3,6,14H2,1H3. The second-order valence-corrected chi connectivity index (χ2v) is 4.78. The smallest absolute Gasteiger partial charge is 0.155 e. The Morgan fingerprint density at radius 1 is 1.56 bits per heavy atom. The predicted molar refractivity (Wildman–Crippen MR) is 66.6 cm³/mol. The van der Waals surface area contributed by atoms with Gasteiger partial charge in [-0.05, 0) is 36.8 Å². The number of benzene rings is 1. The minimum absolute atomic E-state index is 0.129. The van der Waals surface area contributed by atoms with Crippen LogP contribution in [-0.4, -0.2) is 24.0 Å². The number of thioether (sulfide) groups is 1. The lowest BCUT2D eigenvalue weighted by molar-refractivity contribution is 0.173. The molecule has 0 aliphatic carbocycles. The summed E-state index contributed by atoms with van der Waals surface area (Å²) in [6.07, 6.45) is 2.49. The van der Waals surface area contributed by atoms with Crippen molar-refractivity contribution in [2.45, 2.75) is 23.8 Å². The zero-order chi connectivity index (χ0) is 12.1. The molecule has 1 rings (SSSR count). The Balaban J connectivity index is 2.78. The van der Waals surface area contributed by atoms with Crippen LogP contribution in [0.1, 0.15) is 12.0 Å². The Kier molecular flexibility index (Phi) is 5.55. The summed E-state index contributed by atoms with van der Waals surface area (Å²) in [6, 6.07) is 3.36. The van der Waals surface area contributed by atoms with Gasteiger partial charge in [-0.25, -0.2) is 4.39 Å². The fourth-order valence-electron chi connectivity index (χ4n) is 1.36. The van der Waals surface area contributed by atoms with Crippen molar-refractivity contribution in [3.05, 3.63) is 28.5 Å². The fourth-order valence-corrected chi connectivity index (χ4v) is 2.22. The predicted octanol–water partition coefficient (Wildman–Crippen LogP) is 2.45. The lowest BCUT2D eigenvalue weighted by Gasteiger charge is -2.09. The van der Waals surface area contributed by atoms with Gasteiger partial charge in [0.15, 0.2) is 5.82 Å². The lowest BCUT2D eigenvalue weighted by Crippen LogP contribution is -2.20. The number of aryl methyl sites for hydroxylation is 1. The number of aliphatic hydroxyl groups excluding tert-OH is 1. The zero-order valence-corrected chi connectivity index (χ0v) is 10.6. The van der Waals surface area contributed by atoms with Gasteiger partial charge in [0.1, 0.15) is 0 Å². The molecular formula is C11H15ClFNOS. The van der Waals surface area contributed by atoms with Gasteiger partial charge >= 0.3 is 0 Å². The summed E-state index contributed by atoms with van der Waals surface area (Å²) in [7, 11) is 0. The van der Waals surface area contributed by atoms with Crippen LogP contribution >= 0.6 is 23.4 Å². The first-order valence-electron chi connectivity index (χ1n) is 4.98. The van der Waals surface area contributed by atoms with Gasteiger partial charge in [0.2, 0.25) is 0 Å². The van der Waals surface area contributed by atoms with Gasteiger partial charge in [-0.3, -0.25) is 0 Å². The van der Waals surface area contributed by atoms with Crippen LogP contribution in [0.5, 0.6) is 0 Å². The highest BCUT2D eigenvalue weighted by Gasteiger charge is 2.09. The van der Waals surface area contributed by atoms with E-state index in [9.17, 15) is 9.50 Å². The van der Waals surface area contributed by atoms with Crippen molar-refractivity contribution >= 4 is 23.4 Å². The number of rotatable bonds is 5. The summed E-state index contributed by atoms with van der Waals surface area (Å²) in [5, 5.41) is 9.46. The molecule has 0 heterocycles. The molecule has 1 aromatic carbocycles. The maximum absolute atomic E-state index is 13.4. The highest BCUT2D eigenvalue weighted by molar-refractivity contribution is 7.98. The highest BCUT2D eigenvalue weighted by atomic mass is 35.5. The molecule has 1 unspecified atom stereocenters. The Labute approximate surface area is 104 Å². The van der Waals surface area contributed by atoms with E-state index in [1.54, 1.807) is 18.4 Å². The van der Waals surface area contributed by atoms with Crippen molar-refractivity contribution in [2.24, 2.45) is 5.73 Å². The van der Waals surface area contributed by atoms with E-state index in [2.05, 4.69) is 0 Å². The minimum Gasteiger partial charge on any atom is -0.392 e. The third kappa shape index (κ3) is 3.63. The van der Waals surface area contributed by atoms with Crippen molar-refractivity contribution in [3.63, 3.8) is 0 Å². The topological polar surface area (TPSA) is 46.2 Å². The van der Waals surface area contributed by atoms with E-state index in [4.69, 9.17) is 17.3 Å². The zero-order valence-electron chi connectivity index (χ0n) is 9.04. The normalized spacial score (nSPS) is 12.8. The summed E-state index contributed by atoms with van der Waals surface area (Å²) in [6.45, 7) is 0.240. The number of nitrogens with two attached hydrogens (primary N) is 1. The average molecular weight is 264 g/mol. The van der Waals surface area contributed by atoms with Crippen molar-refractivity contribution in [3.8, 4) is 0 Å². The van der Waals surface area contributed by atoms with Crippen LogP contribution in [0.2, 0.25) is 5.02 Å². The summed E-state index contributed by atoms with van der Waals surface area (Å²) < 4.78 is 13.4. The van der Waals surface area contributed by atoms with E-state index in [0.29, 0.717) is 17.7 Å². The quantitative estimate of drug-likeness (QED) is 0.803. The second-order valence-electron chi connectivity index (χ2n) is 3.52. The molecule has 0 saturated heterocycles. The molecule has 0 bridgehead atoms. The van der Waals surface area contributed by atoms with Crippen LogP contribution in [0.15, 0.2) is 17.0 Å². The number of hydrogen-bond donors (Lipinski definition) is 2. The third-order valence-corrected chi connectivity index (χ3v) is 3.32. The molecule has 90 valence electrons. The van der Waals surface area contributed by atoms with E-state index in [1.165, 1.54) is 11.8 Å². The molecule has 0 amide bonds. The Morgan fingerprint density at radius 3 is 2.81 bits per heavy atom. The van der Waals surface area contributed by atoms with Crippen LogP contribution in [0.3, 0.4) is 0 Å². The first-order chi connectivity index (χ1) is 7.58. The molecule has 0 saturated carbocycles. The van der Waals surface area contributed by atoms with Gasteiger partial charge in [0, 0.05) is 11.4 Å². The van der Waals surface area contributed by atoms with Crippen molar-refractivity contribution in [2.75, 3.05) is 12.8 Å². The van der Waals surface area contributed by atoms with Gasteiger partial charge in [-0.15, -0.1) is 11.8 Å². The molecule has 0 aromatic heterocycles. The molecule has 0 radical (unpaired) electrons. The molecule has 0 spiro atoms. The number of aliphatic hydroxyl groups is 1. The maximum atomic E-state index is 13.4. The summed E-state index contributed by atoms with van der Waals surface area (Å²) in [4.78, 5) is 0.532. The van der Waals surface area contributed by atoms with E-state index < -0.39 is 6.10 Å². The Hall–Kier alpha value is -0.290. The molecule has 1 atom stereocenters. The first kappa shape index (κ1) is 13.8. The van der Waals surface area contributed by atoms with Crippen molar-refractivity contribution in [1.82, 2.24) is 0 Å². The fraction of sp³-hybridized carbons (Fsp3) is 0.455. The van der Waals surface area contributed by atoms with E-state index in [0.717, 1.165) is 5.56 Å². The molecule has 3 N–H and O–H groups in total. The van der Waals surface area contributed by atoms with Crippen molar-refractivity contribution < 1.29 is 9.50 Å².